The number of esters is 1. The summed E-state index contributed by atoms with van der Waals surface area (Å²) in [6.45, 7) is 1.70. The van der Waals surface area contributed by atoms with Gasteiger partial charge in [-0.2, -0.15) is 0 Å². The predicted octanol–water partition coefficient (Wildman–Crippen LogP) is 2.25. The molecule has 0 aliphatic rings. The fourth-order valence-corrected chi connectivity index (χ4v) is 3.43. The van der Waals surface area contributed by atoms with E-state index in [-0.39, 0.29) is 22.8 Å². The van der Waals surface area contributed by atoms with E-state index in [2.05, 4.69) is 25.0 Å². The number of nitrogens with zero attached hydrogens (tertiary/aromatic N) is 3. The van der Waals surface area contributed by atoms with Gasteiger partial charge in [-0.05, 0) is 48.9 Å². The first-order valence-electron chi connectivity index (χ1n) is 9.21. The first kappa shape index (κ1) is 21.8. The number of benzene rings is 1. The third kappa shape index (κ3) is 5.82. The topological polar surface area (TPSA) is 140 Å². The molecule has 1 aromatic carbocycles. The van der Waals surface area contributed by atoms with Crippen molar-refractivity contribution >= 4 is 33.5 Å². The van der Waals surface area contributed by atoms with Gasteiger partial charge in [0.2, 0.25) is 5.95 Å². The van der Waals surface area contributed by atoms with Crippen molar-refractivity contribution in [1.29, 1.82) is 0 Å². The van der Waals surface area contributed by atoms with E-state index in [1.54, 1.807) is 19.1 Å². The second-order valence-corrected chi connectivity index (χ2v) is 7.92. The molecule has 0 bridgehead atoms. The molecule has 0 radical (unpaired) electrons. The molecule has 1 unspecified atom stereocenters. The summed E-state index contributed by atoms with van der Waals surface area (Å²) in [7, 11) is -3.89. The van der Waals surface area contributed by atoms with E-state index >= 15 is 0 Å². The molecule has 1 amide bonds. The number of nitrogens with one attached hydrogen (secondary N) is 2. The van der Waals surface area contributed by atoms with E-state index in [0.29, 0.717) is 5.69 Å². The summed E-state index contributed by atoms with van der Waals surface area (Å²) < 4.78 is 32.3. The number of aromatic nitrogens is 3. The minimum absolute atomic E-state index is 0.0343. The van der Waals surface area contributed by atoms with Crippen molar-refractivity contribution in [2.24, 2.45) is 0 Å². The molecule has 0 aliphatic carbocycles. The Morgan fingerprint density at radius 3 is 2.35 bits per heavy atom. The molecule has 160 valence electrons. The van der Waals surface area contributed by atoms with Crippen LogP contribution in [0.25, 0.3) is 0 Å². The summed E-state index contributed by atoms with van der Waals surface area (Å²) >= 11 is 0. The molecule has 0 saturated carbocycles. The van der Waals surface area contributed by atoms with Crippen molar-refractivity contribution in [1.82, 2.24) is 15.0 Å². The van der Waals surface area contributed by atoms with Crippen LogP contribution in [0.5, 0.6) is 0 Å². The van der Waals surface area contributed by atoms with Gasteiger partial charge >= 0.3 is 5.97 Å². The summed E-state index contributed by atoms with van der Waals surface area (Å²) in [6, 6.07) is 10.2. The normalized spacial score (nSPS) is 11.9. The van der Waals surface area contributed by atoms with Gasteiger partial charge in [0.25, 0.3) is 15.9 Å². The molecule has 31 heavy (non-hydrogen) atoms. The fourth-order valence-electron chi connectivity index (χ4n) is 2.47. The van der Waals surface area contributed by atoms with Gasteiger partial charge in [-0.25, -0.2) is 27.9 Å². The number of hydrogen-bond acceptors (Lipinski definition) is 8. The molecule has 1 atom stereocenters. The summed E-state index contributed by atoms with van der Waals surface area (Å²) in [6.07, 6.45) is 4.93. The van der Waals surface area contributed by atoms with Crippen LogP contribution >= 0.6 is 0 Å². The molecule has 10 nitrogen and oxygen atoms in total. The molecule has 0 spiro atoms. The van der Waals surface area contributed by atoms with E-state index in [1.807, 2.05) is 0 Å². The van der Waals surface area contributed by atoms with Gasteiger partial charge in [0.05, 0.1) is 10.5 Å². The Balaban J connectivity index is 1.64. The Labute approximate surface area is 178 Å². The summed E-state index contributed by atoms with van der Waals surface area (Å²) in [5.74, 6) is -1.25. The molecule has 2 heterocycles. The third-order valence-electron chi connectivity index (χ3n) is 4.03. The highest BCUT2D eigenvalue weighted by molar-refractivity contribution is 7.92. The predicted molar refractivity (Wildman–Crippen MR) is 112 cm³/mol. The van der Waals surface area contributed by atoms with Crippen LogP contribution < -0.4 is 10.0 Å². The lowest BCUT2D eigenvalue weighted by Crippen LogP contribution is -2.32. The average Bonchev–Trinajstić information content (AvgIpc) is 2.78. The van der Waals surface area contributed by atoms with Crippen LogP contribution in [0.1, 0.15) is 23.7 Å². The first-order valence-corrected chi connectivity index (χ1v) is 10.7. The van der Waals surface area contributed by atoms with Crippen molar-refractivity contribution in [2.45, 2.75) is 24.3 Å². The van der Waals surface area contributed by atoms with E-state index in [9.17, 15) is 18.0 Å². The van der Waals surface area contributed by atoms with E-state index < -0.39 is 28.0 Å². The van der Waals surface area contributed by atoms with Crippen LogP contribution in [-0.2, 0) is 19.6 Å². The summed E-state index contributed by atoms with van der Waals surface area (Å²) in [4.78, 5) is 36.1. The number of amides is 1. The molecule has 0 saturated heterocycles. The van der Waals surface area contributed by atoms with Gasteiger partial charge in [-0.3, -0.25) is 9.78 Å². The number of sulfonamides is 1. The third-order valence-corrected chi connectivity index (χ3v) is 5.38. The van der Waals surface area contributed by atoms with Crippen molar-refractivity contribution in [3.8, 4) is 0 Å². The Morgan fingerprint density at radius 2 is 1.74 bits per heavy atom. The summed E-state index contributed by atoms with van der Waals surface area (Å²) in [5.41, 5.74) is 0.578. The van der Waals surface area contributed by atoms with Crippen molar-refractivity contribution < 1.29 is 22.7 Å². The van der Waals surface area contributed by atoms with Crippen molar-refractivity contribution in [2.75, 3.05) is 10.0 Å². The number of anilines is 2. The lowest BCUT2D eigenvalue weighted by atomic mass is 10.2. The number of hydrogen-bond donors (Lipinski definition) is 2. The molecule has 3 rings (SSSR count). The maximum atomic E-state index is 12.5. The molecule has 11 heteroatoms. The van der Waals surface area contributed by atoms with E-state index in [0.717, 1.165) is 0 Å². The molecular formula is C20H19N5O5S. The molecule has 3 aromatic rings. The van der Waals surface area contributed by atoms with Crippen LogP contribution in [0.2, 0.25) is 0 Å². The van der Waals surface area contributed by atoms with Crippen molar-refractivity contribution in [3.63, 3.8) is 0 Å². The fraction of sp³-hybridized carbons (Fsp3) is 0.150. The quantitative estimate of drug-likeness (QED) is 0.507. The van der Waals surface area contributed by atoms with Gasteiger partial charge in [0.1, 0.15) is 0 Å². The minimum Gasteiger partial charge on any atom is -0.449 e. The Bertz CT molecular complexity index is 1140. The van der Waals surface area contributed by atoms with Gasteiger partial charge in [-0.1, -0.05) is 6.92 Å². The highest BCUT2D eigenvalue weighted by Gasteiger charge is 2.22. The number of rotatable bonds is 8. The van der Waals surface area contributed by atoms with Crippen LogP contribution in [0, 0.1) is 0 Å². The van der Waals surface area contributed by atoms with Gasteiger partial charge in [0, 0.05) is 30.5 Å². The van der Waals surface area contributed by atoms with Crippen LogP contribution in [0.15, 0.2) is 72.1 Å². The average molecular weight is 441 g/mol. The number of pyridine rings is 1. The van der Waals surface area contributed by atoms with Gasteiger partial charge in [0.15, 0.2) is 6.10 Å². The maximum Gasteiger partial charge on any atom is 0.340 e. The van der Waals surface area contributed by atoms with Crippen molar-refractivity contribution in [3.05, 3.63) is 72.8 Å². The monoisotopic (exact) mass is 441 g/mol. The zero-order valence-electron chi connectivity index (χ0n) is 16.4. The smallest absolute Gasteiger partial charge is 0.340 e. The zero-order valence-corrected chi connectivity index (χ0v) is 17.2. The molecule has 2 N–H and O–H groups in total. The standard InChI is InChI=1S/C20H19N5O5S/c1-2-17(30-19(27)14-5-3-10-21-13-14)18(26)24-15-6-8-16(9-7-15)31(28,29)25-20-22-11-4-12-23-20/h3-13,17H,2H2,1H3,(H,24,26)(H,22,23,25). The van der Waals surface area contributed by atoms with Crippen LogP contribution in [0.4, 0.5) is 11.6 Å². The van der Waals surface area contributed by atoms with E-state index in [1.165, 1.54) is 55.1 Å². The molecular weight excluding hydrogens is 422 g/mol. The maximum absolute atomic E-state index is 12.5. The lowest BCUT2D eigenvalue weighted by Gasteiger charge is -2.16. The highest BCUT2D eigenvalue weighted by atomic mass is 32.2. The molecule has 0 aliphatic heterocycles. The lowest BCUT2D eigenvalue weighted by molar-refractivity contribution is -0.124. The highest BCUT2D eigenvalue weighted by Crippen LogP contribution is 2.17. The van der Waals surface area contributed by atoms with Crippen LogP contribution in [0.3, 0.4) is 0 Å². The zero-order chi connectivity index (χ0) is 22.3. The second kappa shape index (κ2) is 9.76. The van der Waals surface area contributed by atoms with Crippen LogP contribution in [-0.4, -0.2) is 41.4 Å². The Kier molecular flexibility index (Phi) is 6.88. The largest absolute Gasteiger partial charge is 0.449 e. The summed E-state index contributed by atoms with van der Waals surface area (Å²) in [5, 5.41) is 2.61. The number of carbonyl (C=O) groups excluding carboxylic acids is 2. The Hall–Kier alpha value is -3.86. The minimum atomic E-state index is -3.89. The van der Waals surface area contributed by atoms with Gasteiger partial charge < -0.3 is 10.1 Å². The molecule has 2 aromatic heterocycles. The van der Waals surface area contributed by atoms with E-state index in [4.69, 9.17) is 4.74 Å². The Morgan fingerprint density at radius 1 is 1.03 bits per heavy atom. The first-order chi connectivity index (χ1) is 14.9. The molecule has 0 fully saturated rings. The number of carbonyl (C=O) groups is 2. The SMILES string of the molecule is CCC(OC(=O)c1cccnc1)C(=O)Nc1ccc(S(=O)(=O)Nc2ncccn2)cc1. The second-order valence-electron chi connectivity index (χ2n) is 6.24. The number of ether oxygens (including phenoxy) is 1. The van der Waals surface area contributed by atoms with Gasteiger partial charge in [-0.15, -0.1) is 0 Å².